The van der Waals surface area contributed by atoms with Crippen LogP contribution >= 0.6 is 8.03 Å². The first-order valence-electron chi connectivity index (χ1n) is 7.06. The van der Waals surface area contributed by atoms with Crippen LogP contribution in [-0.2, 0) is 28.3 Å². The first-order valence-corrected chi connectivity index (χ1v) is 8.42. The molecule has 1 aromatic rings. The summed E-state index contributed by atoms with van der Waals surface area (Å²) in [7, 11) is -2.52. The van der Waals surface area contributed by atoms with Crippen LogP contribution in [0.15, 0.2) is 24.3 Å². The zero-order valence-corrected chi connectivity index (χ0v) is 14.0. The molecule has 1 atom stereocenters. The van der Waals surface area contributed by atoms with Gasteiger partial charge in [-0.25, -0.2) is 0 Å². The Labute approximate surface area is 128 Å². The van der Waals surface area contributed by atoms with Gasteiger partial charge in [0.15, 0.2) is 0 Å². The molecule has 0 aliphatic rings. The fraction of sp³-hybridized carbons (Fsp3) is 0.600. The van der Waals surface area contributed by atoms with E-state index in [9.17, 15) is 4.57 Å². The van der Waals surface area contributed by atoms with Crippen molar-refractivity contribution < 1.29 is 26.8 Å². The van der Waals surface area contributed by atoms with Crippen molar-refractivity contribution in [1.82, 2.24) is 0 Å². The summed E-state index contributed by atoms with van der Waals surface area (Å²) in [6.07, 6.45) is 10.3. The second-order valence-electron chi connectivity index (χ2n) is 4.87. The fourth-order valence-electron chi connectivity index (χ4n) is 2.10. The predicted octanol–water partition coefficient (Wildman–Crippen LogP) is 4.07. The first kappa shape index (κ1) is 18.9. The summed E-state index contributed by atoms with van der Waals surface area (Å²) < 4.78 is 10.9. The van der Waals surface area contributed by atoms with Gasteiger partial charge < -0.3 is 4.89 Å². The van der Waals surface area contributed by atoms with Crippen molar-refractivity contribution in [2.24, 2.45) is 0 Å². The number of benzene rings is 1. The second-order valence-corrected chi connectivity index (χ2v) is 6.06. The van der Waals surface area contributed by atoms with E-state index >= 15 is 0 Å². The molecular formula is C15H25CrO2P. The molecule has 0 fully saturated rings. The van der Waals surface area contributed by atoms with Crippen molar-refractivity contribution in [1.29, 1.82) is 0 Å². The van der Waals surface area contributed by atoms with Gasteiger partial charge in [-0.1, -0.05) is 57.6 Å². The normalized spacial score (nSPS) is 11.9. The van der Waals surface area contributed by atoms with Gasteiger partial charge in [0.25, 0.3) is 0 Å². The molecule has 0 bridgehead atoms. The summed E-state index contributed by atoms with van der Waals surface area (Å²) >= 11 is 0. The minimum absolute atomic E-state index is 0. The average molecular weight is 320 g/mol. The topological polar surface area (TPSA) is 37.3 Å². The molecule has 0 aliphatic carbocycles. The van der Waals surface area contributed by atoms with Gasteiger partial charge >= 0.3 is 0 Å². The van der Waals surface area contributed by atoms with Crippen molar-refractivity contribution in [3.8, 4) is 0 Å². The molecule has 1 N–H and O–H groups in total. The van der Waals surface area contributed by atoms with E-state index in [1.807, 2.05) is 12.1 Å². The summed E-state index contributed by atoms with van der Waals surface area (Å²) in [4.78, 5) is 8.98. The molecule has 0 radical (unpaired) electrons. The molecule has 0 saturated heterocycles. The van der Waals surface area contributed by atoms with Gasteiger partial charge in [0.2, 0.25) is 8.03 Å². The molecule has 1 aromatic carbocycles. The summed E-state index contributed by atoms with van der Waals surface area (Å²) in [5.74, 6) is 0. The van der Waals surface area contributed by atoms with Crippen LogP contribution in [-0.4, -0.2) is 4.89 Å². The smallest absolute Gasteiger partial charge is 0.218 e. The SMILES string of the molecule is CCCCCCCCCc1ccc([PH](=O)O)cc1.[Cr]. The van der Waals surface area contributed by atoms with Crippen LogP contribution in [0.1, 0.15) is 57.4 Å². The Morgan fingerprint density at radius 2 is 1.47 bits per heavy atom. The Bertz CT molecular complexity index is 352. The number of aryl methyl sites for hydroxylation is 1. The average Bonchev–Trinajstić information content (AvgIpc) is 2.38. The van der Waals surface area contributed by atoms with Crippen molar-refractivity contribution in [2.45, 2.75) is 58.3 Å². The number of hydrogen-bond acceptors (Lipinski definition) is 1. The molecule has 0 heterocycles. The molecule has 108 valence electrons. The van der Waals surface area contributed by atoms with E-state index in [0.29, 0.717) is 5.30 Å². The Kier molecular flexibility index (Phi) is 11.7. The zero-order chi connectivity index (χ0) is 13.2. The van der Waals surface area contributed by atoms with E-state index in [-0.39, 0.29) is 17.4 Å². The largest absolute Gasteiger partial charge is 0.343 e. The maximum atomic E-state index is 10.9. The molecular weight excluding hydrogens is 295 g/mol. The van der Waals surface area contributed by atoms with E-state index in [2.05, 4.69) is 6.92 Å². The van der Waals surface area contributed by atoms with E-state index in [1.165, 1.54) is 50.5 Å². The van der Waals surface area contributed by atoms with E-state index in [1.54, 1.807) is 12.1 Å². The maximum Gasteiger partial charge on any atom is 0.218 e. The summed E-state index contributed by atoms with van der Waals surface area (Å²) in [5.41, 5.74) is 1.27. The summed E-state index contributed by atoms with van der Waals surface area (Å²) in [6.45, 7) is 2.24. The van der Waals surface area contributed by atoms with Crippen molar-refractivity contribution in [3.05, 3.63) is 29.8 Å². The van der Waals surface area contributed by atoms with Gasteiger partial charge in [-0.3, -0.25) is 4.57 Å². The Morgan fingerprint density at radius 1 is 0.947 bits per heavy atom. The molecule has 0 amide bonds. The maximum absolute atomic E-state index is 10.9. The molecule has 0 saturated carbocycles. The van der Waals surface area contributed by atoms with E-state index < -0.39 is 8.03 Å². The number of unbranched alkanes of at least 4 members (excludes halogenated alkanes) is 6. The molecule has 1 rings (SSSR count). The fourth-order valence-corrected chi connectivity index (χ4v) is 2.55. The van der Waals surface area contributed by atoms with Gasteiger partial charge in [0, 0.05) is 22.7 Å². The minimum atomic E-state index is -2.52. The molecule has 0 aliphatic heterocycles. The van der Waals surface area contributed by atoms with Crippen LogP contribution in [0, 0.1) is 0 Å². The predicted molar refractivity (Wildman–Crippen MR) is 79.0 cm³/mol. The number of rotatable bonds is 9. The van der Waals surface area contributed by atoms with E-state index in [0.717, 1.165) is 6.42 Å². The molecule has 4 heteroatoms. The van der Waals surface area contributed by atoms with Crippen LogP contribution < -0.4 is 5.30 Å². The zero-order valence-electron chi connectivity index (χ0n) is 11.7. The molecule has 2 nitrogen and oxygen atoms in total. The molecule has 0 spiro atoms. The summed E-state index contributed by atoms with van der Waals surface area (Å²) in [5, 5.41) is 0.559. The van der Waals surface area contributed by atoms with E-state index in [4.69, 9.17) is 4.89 Å². The monoisotopic (exact) mass is 320 g/mol. The van der Waals surface area contributed by atoms with Crippen LogP contribution in [0.5, 0.6) is 0 Å². The minimum Gasteiger partial charge on any atom is -0.343 e. The van der Waals surface area contributed by atoms with Crippen molar-refractivity contribution in [3.63, 3.8) is 0 Å². The Balaban J connectivity index is 0.00000324. The van der Waals surface area contributed by atoms with Crippen LogP contribution in [0.2, 0.25) is 0 Å². The third-order valence-electron chi connectivity index (χ3n) is 3.27. The Hall–Kier alpha value is -0.0575. The van der Waals surface area contributed by atoms with Gasteiger partial charge in [-0.15, -0.1) is 0 Å². The van der Waals surface area contributed by atoms with Crippen LogP contribution in [0.3, 0.4) is 0 Å². The van der Waals surface area contributed by atoms with Crippen LogP contribution in [0.4, 0.5) is 0 Å². The Morgan fingerprint density at radius 3 is 2.00 bits per heavy atom. The van der Waals surface area contributed by atoms with Gasteiger partial charge in [0.1, 0.15) is 0 Å². The first-order chi connectivity index (χ1) is 8.74. The van der Waals surface area contributed by atoms with Crippen molar-refractivity contribution in [2.75, 3.05) is 0 Å². The molecule has 19 heavy (non-hydrogen) atoms. The molecule has 1 unspecified atom stereocenters. The summed E-state index contributed by atoms with van der Waals surface area (Å²) in [6, 6.07) is 7.51. The van der Waals surface area contributed by atoms with Gasteiger partial charge in [0.05, 0.1) is 0 Å². The number of hydrogen-bond donors (Lipinski definition) is 1. The second kappa shape index (κ2) is 11.7. The third-order valence-corrected chi connectivity index (χ3v) is 4.10. The quantitative estimate of drug-likeness (QED) is 0.550. The van der Waals surface area contributed by atoms with Crippen molar-refractivity contribution >= 4 is 13.3 Å². The molecule has 0 aromatic heterocycles. The standard InChI is InChI=1S/C15H25O2P.Cr/c1-2-3-4-5-6-7-8-9-14-10-12-15(13-11-14)18(16)17;/h10-13,18H,2-9H2,1H3,(H,16,17);. The van der Waals surface area contributed by atoms with Crippen LogP contribution in [0.25, 0.3) is 0 Å². The third kappa shape index (κ3) is 8.66. The van der Waals surface area contributed by atoms with Gasteiger partial charge in [-0.05, 0) is 30.5 Å². The van der Waals surface area contributed by atoms with Gasteiger partial charge in [-0.2, -0.15) is 0 Å².